The van der Waals surface area contributed by atoms with Crippen molar-refractivity contribution in [2.24, 2.45) is 11.8 Å². The van der Waals surface area contributed by atoms with Crippen LogP contribution in [0.5, 0.6) is 0 Å². The monoisotopic (exact) mass is 1180 g/mol. The first-order valence-corrected chi connectivity index (χ1v) is 30.1. The van der Waals surface area contributed by atoms with Gasteiger partial charge in [0.15, 0.2) is 0 Å². The van der Waals surface area contributed by atoms with Crippen LogP contribution in [0, 0.1) is 11.8 Å². The van der Waals surface area contributed by atoms with Gasteiger partial charge < -0.3 is 41.2 Å². The van der Waals surface area contributed by atoms with Gasteiger partial charge in [0.05, 0.1) is 56.1 Å². The smallest absolute Gasteiger partial charge is 0.410 e. The number of carbonyl (C=O) groups excluding carboxylic acids is 3. The van der Waals surface area contributed by atoms with Gasteiger partial charge in [0, 0.05) is 83.6 Å². The molecule has 6 atom stereocenters. The number of hydrogen-bond donors (Lipinski definition) is 6. The van der Waals surface area contributed by atoms with E-state index in [2.05, 4.69) is 47.6 Å². The molecular formula is C59H71Cl3N12O6S. The number of hydrogen-bond acceptors (Lipinski definition) is 13. The Labute approximate surface area is 489 Å². The van der Waals surface area contributed by atoms with Crippen LogP contribution in [0.1, 0.15) is 97.8 Å². The molecule has 2 saturated carbocycles. The maximum atomic E-state index is 13.6. The molecular weight excluding hydrogens is 1110 g/mol. The van der Waals surface area contributed by atoms with Crippen LogP contribution in [-0.4, -0.2) is 116 Å². The predicted octanol–water partition coefficient (Wildman–Crippen LogP) is 11.0. The van der Waals surface area contributed by atoms with Crippen LogP contribution in [0.3, 0.4) is 0 Å². The highest BCUT2D eigenvalue weighted by molar-refractivity contribution is 7.90. The molecule has 4 aromatic heterocycles. The highest BCUT2D eigenvalue weighted by Crippen LogP contribution is 2.37. The predicted molar refractivity (Wildman–Crippen MR) is 320 cm³/mol. The number of halogens is 3. The third-order valence-electron chi connectivity index (χ3n) is 15.4. The highest BCUT2D eigenvalue weighted by Gasteiger charge is 2.34. The van der Waals surface area contributed by atoms with Crippen LogP contribution in [0.2, 0.25) is 10.0 Å². The number of nitrogens with one attached hydrogen (secondary N) is 6. The van der Waals surface area contributed by atoms with Gasteiger partial charge in [0.2, 0.25) is 23.7 Å². The summed E-state index contributed by atoms with van der Waals surface area (Å²) >= 11 is 13.1. The van der Waals surface area contributed by atoms with Gasteiger partial charge in [-0.15, -0.1) is 12.4 Å². The molecule has 3 aromatic carbocycles. The molecule has 4 aliphatic rings. The van der Waals surface area contributed by atoms with Crippen LogP contribution < -0.4 is 26.6 Å². The molecule has 2 aliphatic carbocycles. The highest BCUT2D eigenvalue weighted by atomic mass is 35.5. The molecule has 81 heavy (non-hydrogen) atoms. The summed E-state index contributed by atoms with van der Waals surface area (Å²) < 4.78 is 34.1. The quantitative estimate of drug-likeness (QED) is 0.0670. The van der Waals surface area contributed by atoms with E-state index in [4.69, 9.17) is 37.9 Å². The van der Waals surface area contributed by atoms with Crippen molar-refractivity contribution in [2.75, 3.05) is 36.8 Å². The van der Waals surface area contributed by atoms with E-state index in [1.807, 2.05) is 57.3 Å². The number of H-pyrrole nitrogens is 1. The Morgan fingerprint density at radius 1 is 0.679 bits per heavy atom. The summed E-state index contributed by atoms with van der Waals surface area (Å²) in [5, 5.41) is 19.3. The van der Waals surface area contributed by atoms with Crippen LogP contribution in [-0.2, 0) is 24.3 Å². The Morgan fingerprint density at radius 3 is 1.88 bits per heavy atom. The largest absolute Gasteiger partial charge is 0.444 e. The first-order chi connectivity index (χ1) is 38.6. The SMILES string of the molecule is CC(C)(C)OC(=O)N1CCC[C@@H](C(=O)N[C@H]2CCC[C@@H](Nc3ncc(Cl)c(-c4cn(S(=O)(=O)c5ccccc5)c5ccccc45)n3)C2)C1.Cl.O=C(N[C@H]1CCC[C@@H](Nc2ncc(Cl)c(-c3c[nH]c4ccccc34)n2)C1)[C@@H]1CCCNC1. The normalized spacial score (nSPS) is 21.4. The van der Waals surface area contributed by atoms with Crippen molar-refractivity contribution in [2.45, 2.75) is 132 Å². The number of fused-ring (bicyclic) bond motifs is 2. The number of anilines is 2. The topological polar surface area (TPSA) is 230 Å². The number of aromatic nitrogens is 6. The third-order valence-corrected chi connectivity index (χ3v) is 17.6. The van der Waals surface area contributed by atoms with E-state index < -0.39 is 15.6 Å². The van der Waals surface area contributed by atoms with Crippen LogP contribution in [0.4, 0.5) is 16.7 Å². The van der Waals surface area contributed by atoms with Gasteiger partial charge in [0.25, 0.3) is 10.0 Å². The van der Waals surface area contributed by atoms with Gasteiger partial charge in [-0.05, 0) is 129 Å². The van der Waals surface area contributed by atoms with Crippen molar-refractivity contribution >= 4 is 97.2 Å². The molecule has 3 amide bonds. The number of rotatable bonds is 12. The molecule has 0 spiro atoms. The van der Waals surface area contributed by atoms with E-state index in [0.717, 1.165) is 100 Å². The molecule has 4 fully saturated rings. The standard InChI is InChI=1S/C35H41ClN6O5S.C24H29ClN6O.ClH/c1-35(2,3)47-34(44)41-18-10-11-23(21-41)32(43)38-24-12-9-13-25(19-24)39-33-37-20-29(36)31(40-33)28-22-42(30-17-8-7-16-27(28)30)48(45,46)26-14-5-4-6-15-26;25-20-14-28-24(31-22(20)19-13-27-21-9-2-1-8-18(19)21)30-17-7-3-6-16(11-17)29-23(32)15-5-4-10-26-12-15;/h4-8,14-17,20,22-25H,9-13,18-19,21H2,1-3H3,(H,38,43)(H,37,39,40);1-2,8-9,13-17,26-27H,3-7,10-12H2,(H,29,32)(H,28,30,31);1H/t23-,24+,25-;15-,16+,17-;/m11./s1. The summed E-state index contributed by atoms with van der Waals surface area (Å²) in [6.45, 7) is 8.23. The van der Waals surface area contributed by atoms with Crippen LogP contribution in [0.25, 0.3) is 44.3 Å². The number of aromatic amines is 1. The molecule has 2 saturated heterocycles. The van der Waals surface area contributed by atoms with Crippen LogP contribution in [0.15, 0.2) is 109 Å². The molecule has 430 valence electrons. The summed E-state index contributed by atoms with van der Waals surface area (Å²) in [7, 11) is -3.88. The molecule has 22 heteroatoms. The number of ether oxygens (including phenoxy) is 1. The Hall–Kier alpha value is -6.51. The molecule has 18 nitrogen and oxygen atoms in total. The summed E-state index contributed by atoms with van der Waals surface area (Å²) in [5.74, 6) is 0.899. The van der Waals surface area contributed by atoms with Gasteiger partial charge >= 0.3 is 6.09 Å². The van der Waals surface area contributed by atoms with E-state index in [0.29, 0.717) is 69.3 Å². The van der Waals surface area contributed by atoms with Gasteiger partial charge in [-0.2, -0.15) is 0 Å². The number of nitrogens with zero attached hydrogens (tertiary/aromatic N) is 6. The summed E-state index contributed by atoms with van der Waals surface area (Å²) in [6, 6.07) is 24.0. The van der Waals surface area contributed by atoms with E-state index in [9.17, 15) is 22.8 Å². The van der Waals surface area contributed by atoms with Crippen molar-refractivity contribution in [1.29, 1.82) is 0 Å². The van der Waals surface area contributed by atoms with E-state index in [1.165, 1.54) is 10.2 Å². The van der Waals surface area contributed by atoms with Gasteiger partial charge in [-0.3, -0.25) is 9.59 Å². The molecule has 2 aliphatic heterocycles. The molecule has 0 radical (unpaired) electrons. The lowest BCUT2D eigenvalue weighted by Gasteiger charge is -2.35. The lowest BCUT2D eigenvalue weighted by molar-refractivity contribution is -0.128. The van der Waals surface area contributed by atoms with Crippen molar-refractivity contribution in [3.8, 4) is 22.5 Å². The Kier molecular flexibility index (Phi) is 19.1. The fraction of sp³-hybridized carbons (Fsp3) is 0.441. The van der Waals surface area contributed by atoms with E-state index in [-0.39, 0.29) is 71.2 Å². The fourth-order valence-electron chi connectivity index (χ4n) is 11.4. The molecule has 7 aromatic rings. The number of piperidine rings is 2. The number of amides is 3. The molecule has 6 N–H and O–H groups in total. The minimum absolute atomic E-state index is 0. The minimum Gasteiger partial charge on any atom is -0.444 e. The summed E-state index contributed by atoms with van der Waals surface area (Å²) in [5.41, 5.74) is 3.64. The van der Waals surface area contributed by atoms with Gasteiger partial charge in [-0.1, -0.05) is 77.8 Å². The zero-order chi connectivity index (χ0) is 56.0. The van der Waals surface area contributed by atoms with Crippen LogP contribution >= 0.6 is 35.6 Å². The zero-order valence-corrected chi connectivity index (χ0v) is 48.9. The minimum atomic E-state index is -3.88. The number of carbonyl (C=O) groups is 3. The molecule has 11 rings (SSSR count). The Morgan fingerprint density at radius 2 is 1.25 bits per heavy atom. The lowest BCUT2D eigenvalue weighted by atomic mass is 9.90. The van der Waals surface area contributed by atoms with E-state index >= 15 is 0 Å². The fourth-order valence-corrected chi connectivity index (χ4v) is 13.2. The second-order valence-electron chi connectivity index (χ2n) is 22.4. The Balaban J connectivity index is 0.000000208. The average molecular weight is 1180 g/mol. The van der Waals surface area contributed by atoms with Crippen molar-refractivity contribution in [3.05, 3.63) is 114 Å². The Bertz CT molecular complexity index is 3440. The second-order valence-corrected chi connectivity index (χ2v) is 25.1. The number of benzene rings is 3. The maximum absolute atomic E-state index is 13.6. The lowest BCUT2D eigenvalue weighted by Crippen LogP contribution is -2.50. The first kappa shape index (κ1) is 59.1. The third kappa shape index (κ3) is 14.4. The van der Waals surface area contributed by atoms with Crippen molar-refractivity contribution in [1.82, 2.24) is 49.7 Å². The number of likely N-dealkylation sites (tertiary alicyclic amines) is 1. The molecule has 0 bridgehead atoms. The average Bonchev–Trinajstić information content (AvgIpc) is 3.76. The zero-order valence-electron chi connectivity index (χ0n) is 45.8. The molecule has 6 heterocycles. The maximum Gasteiger partial charge on any atom is 0.410 e. The van der Waals surface area contributed by atoms with Crippen molar-refractivity contribution < 1.29 is 27.5 Å². The van der Waals surface area contributed by atoms with Gasteiger partial charge in [0.1, 0.15) is 5.60 Å². The van der Waals surface area contributed by atoms with Gasteiger partial charge in [-0.25, -0.2) is 37.1 Å². The number of para-hydroxylation sites is 2. The first-order valence-electron chi connectivity index (χ1n) is 27.9. The summed E-state index contributed by atoms with van der Waals surface area (Å²) in [6.07, 6.45) is 17.1. The summed E-state index contributed by atoms with van der Waals surface area (Å²) in [4.78, 5) is 62.0. The second kappa shape index (κ2) is 26.2. The van der Waals surface area contributed by atoms with E-state index in [1.54, 1.807) is 59.8 Å². The van der Waals surface area contributed by atoms with Crippen molar-refractivity contribution in [3.63, 3.8) is 0 Å². The molecule has 0 unspecified atom stereocenters.